The number of phenolic OH excluding ortho intramolecular Hbond substituents is 1. The lowest BCUT2D eigenvalue weighted by atomic mass is 9.98. The lowest BCUT2D eigenvalue weighted by Gasteiger charge is -2.19. The normalized spacial score (nSPS) is 12.3. The Hall–Kier alpha value is -1.22. The fourth-order valence-corrected chi connectivity index (χ4v) is 2.91. The summed E-state index contributed by atoms with van der Waals surface area (Å²) >= 11 is 12.2. The number of likely N-dealkylation sites (N-methyl/N-ethyl adjacent to an activating group) is 1. The third-order valence-electron chi connectivity index (χ3n) is 3.37. The van der Waals surface area contributed by atoms with Gasteiger partial charge in [0.1, 0.15) is 5.75 Å². The summed E-state index contributed by atoms with van der Waals surface area (Å²) in [6.45, 7) is 2.97. The smallest absolute Gasteiger partial charge is 0.115 e. The summed E-state index contributed by atoms with van der Waals surface area (Å²) in [5.74, 6) is 0.298. The molecule has 2 aromatic rings. The summed E-state index contributed by atoms with van der Waals surface area (Å²) in [5.41, 5.74) is 2.18. The second-order valence-electron chi connectivity index (χ2n) is 5.07. The van der Waals surface area contributed by atoms with Gasteiger partial charge in [0, 0.05) is 16.1 Å². The van der Waals surface area contributed by atoms with E-state index in [1.54, 1.807) is 18.2 Å². The zero-order valence-corrected chi connectivity index (χ0v) is 13.5. The molecule has 1 unspecified atom stereocenters. The molecule has 0 amide bonds. The number of nitrogens with one attached hydrogen (secondary N) is 1. The molecule has 0 bridgehead atoms. The summed E-state index contributed by atoms with van der Waals surface area (Å²) in [7, 11) is 0. The SMILES string of the molecule is CCNC(Cc1cccc(O)c1)Cc1ccc(Cl)cc1Cl. The van der Waals surface area contributed by atoms with Crippen LogP contribution in [0.2, 0.25) is 10.0 Å². The molecule has 0 aromatic heterocycles. The van der Waals surface area contributed by atoms with Crippen LogP contribution in [-0.2, 0) is 12.8 Å². The van der Waals surface area contributed by atoms with Crippen molar-refractivity contribution in [2.24, 2.45) is 0 Å². The van der Waals surface area contributed by atoms with Crippen molar-refractivity contribution in [3.63, 3.8) is 0 Å². The van der Waals surface area contributed by atoms with Gasteiger partial charge in [-0.05, 0) is 54.8 Å². The second kappa shape index (κ2) is 7.69. The molecule has 2 aromatic carbocycles. The lowest BCUT2D eigenvalue weighted by Crippen LogP contribution is -2.33. The van der Waals surface area contributed by atoms with Gasteiger partial charge in [0.05, 0.1) is 0 Å². The molecule has 0 aliphatic carbocycles. The standard InChI is InChI=1S/C17H19Cl2NO/c1-2-20-15(8-12-4-3-5-16(21)9-12)10-13-6-7-14(18)11-17(13)19/h3-7,9,11,15,20-21H,2,8,10H2,1H3. The zero-order valence-electron chi connectivity index (χ0n) is 11.9. The monoisotopic (exact) mass is 323 g/mol. The van der Waals surface area contributed by atoms with E-state index in [9.17, 15) is 5.11 Å². The molecular formula is C17H19Cl2NO. The summed E-state index contributed by atoms with van der Waals surface area (Å²) in [4.78, 5) is 0. The van der Waals surface area contributed by atoms with Crippen LogP contribution in [0.4, 0.5) is 0 Å². The average molecular weight is 324 g/mol. The van der Waals surface area contributed by atoms with E-state index >= 15 is 0 Å². The Balaban J connectivity index is 2.11. The molecule has 21 heavy (non-hydrogen) atoms. The Bertz CT molecular complexity index is 601. The second-order valence-corrected chi connectivity index (χ2v) is 5.91. The van der Waals surface area contributed by atoms with Crippen molar-refractivity contribution >= 4 is 23.2 Å². The summed E-state index contributed by atoms with van der Waals surface area (Å²) < 4.78 is 0. The topological polar surface area (TPSA) is 32.3 Å². The number of aromatic hydroxyl groups is 1. The molecule has 112 valence electrons. The minimum absolute atomic E-state index is 0.260. The van der Waals surface area contributed by atoms with Crippen LogP contribution in [0.25, 0.3) is 0 Å². The molecule has 2 nitrogen and oxygen atoms in total. The van der Waals surface area contributed by atoms with Crippen LogP contribution in [0.3, 0.4) is 0 Å². The quantitative estimate of drug-likeness (QED) is 0.822. The molecule has 2 rings (SSSR count). The molecule has 0 spiro atoms. The predicted molar refractivity (Wildman–Crippen MR) is 89.4 cm³/mol. The largest absolute Gasteiger partial charge is 0.508 e. The minimum Gasteiger partial charge on any atom is -0.508 e. The van der Waals surface area contributed by atoms with Crippen molar-refractivity contribution < 1.29 is 5.11 Å². The fourth-order valence-electron chi connectivity index (χ4n) is 2.43. The molecule has 0 aliphatic heterocycles. The van der Waals surface area contributed by atoms with Crippen LogP contribution >= 0.6 is 23.2 Å². The van der Waals surface area contributed by atoms with E-state index in [-0.39, 0.29) is 6.04 Å². The van der Waals surface area contributed by atoms with Gasteiger partial charge in [-0.25, -0.2) is 0 Å². The van der Waals surface area contributed by atoms with Crippen LogP contribution in [0.1, 0.15) is 18.1 Å². The minimum atomic E-state index is 0.260. The molecule has 0 radical (unpaired) electrons. The molecule has 0 fully saturated rings. The maximum absolute atomic E-state index is 9.56. The van der Waals surface area contributed by atoms with Gasteiger partial charge >= 0.3 is 0 Å². The van der Waals surface area contributed by atoms with Crippen molar-refractivity contribution in [2.45, 2.75) is 25.8 Å². The van der Waals surface area contributed by atoms with Gasteiger partial charge < -0.3 is 10.4 Å². The van der Waals surface area contributed by atoms with Gasteiger partial charge in [-0.15, -0.1) is 0 Å². The highest BCUT2D eigenvalue weighted by molar-refractivity contribution is 6.35. The van der Waals surface area contributed by atoms with E-state index in [4.69, 9.17) is 23.2 Å². The van der Waals surface area contributed by atoms with Crippen LogP contribution in [0.5, 0.6) is 5.75 Å². The number of hydrogen-bond acceptors (Lipinski definition) is 2. The highest BCUT2D eigenvalue weighted by Gasteiger charge is 2.12. The van der Waals surface area contributed by atoms with Crippen molar-refractivity contribution in [2.75, 3.05) is 6.54 Å². The molecule has 4 heteroatoms. The number of rotatable bonds is 6. The van der Waals surface area contributed by atoms with Crippen LogP contribution in [0, 0.1) is 0 Å². The van der Waals surface area contributed by atoms with Crippen molar-refractivity contribution in [3.8, 4) is 5.75 Å². The Morgan fingerprint density at radius 1 is 1.10 bits per heavy atom. The van der Waals surface area contributed by atoms with E-state index in [0.717, 1.165) is 30.5 Å². The first-order chi connectivity index (χ1) is 10.1. The number of phenols is 1. The molecule has 0 saturated carbocycles. The third kappa shape index (κ3) is 4.92. The van der Waals surface area contributed by atoms with Crippen LogP contribution in [-0.4, -0.2) is 17.7 Å². The number of hydrogen-bond donors (Lipinski definition) is 2. The van der Waals surface area contributed by atoms with Crippen molar-refractivity contribution in [1.82, 2.24) is 5.32 Å². The highest BCUT2D eigenvalue weighted by atomic mass is 35.5. The van der Waals surface area contributed by atoms with Gasteiger partial charge in [0.25, 0.3) is 0 Å². The first-order valence-electron chi connectivity index (χ1n) is 7.03. The maximum atomic E-state index is 9.56. The summed E-state index contributed by atoms with van der Waals surface area (Å²) in [5, 5.41) is 14.4. The average Bonchev–Trinajstić information content (AvgIpc) is 2.42. The fraction of sp³-hybridized carbons (Fsp3) is 0.294. The number of benzene rings is 2. The Morgan fingerprint density at radius 2 is 1.90 bits per heavy atom. The zero-order chi connectivity index (χ0) is 15.2. The van der Waals surface area contributed by atoms with Gasteiger partial charge in [-0.2, -0.15) is 0 Å². The first-order valence-corrected chi connectivity index (χ1v) is 7.79. The molecule has 2 N–H and O–H groups in total. The highest BCUT2D eigenvalue weighted by Crippen LogP contribution is 2.23. The van der Waals surface area contributed by atoms with Gasteiger partial charge in [0.15, 0.2) is 0 Å². The van der Waals surface area contributed by atoms with E-state index in [2.05, 4.69) is 12.2 Å². The van der Waals surface area contributed by atoms with Gasteiger partial charge in [0.2, 0.25) is 0 Å². The molecule has 0 aliphatic rings. The van der Waals surface area contributed by atoms with Gasteiger partial charge in [-0.1, -0.05) is 48.3 Å². The first kappa shape index (κ1) is 16.2. The number of halogens is 2. The van der Waals surface area contributed by atoms with Crippen LogP contribution < -0.4 is 5.32 Å². The Kier molecular flexibility index (Phi) is 5.92. The van der Waals surface area contributed by atoms with E-state index in [1.807, 2.05) is 24.3 Å². The Labute approximate surface area is 135 Å². The maximum Gasteiger partial charge on any atom is 0.115 e. The van der Waals surface area contributed by atoms with Gasteiger partial charge in [-0.3, -0.25) is 0 Å². The predicted octanol–water partition coefficient (Wildman–Crippen LogP) is 4.46. The molecule has 1 atom stereocenters. The van der Waals surface area contributed by atoms with E-state index < -0.39 is 0 Å². The molecule has 0 heterocycles. The lowest BCUT2D eigenvalue weighted by molar-refractivity contribution is 0.472. The Morgan fingerprint density at radius 3 is 2.57 bits per heavy atom. The third-order valence-corrected chi connectivity index (χ3v) is 3.95. The van der Waals surface area contributed by atoms with Crippen LogP contribution in [0.15, 0.2) is 42.5 Å². The molecular weight excluding hydrogens is 305 g/mol. The summed E-state index contributed by atoms with van der Waals surface area (Å²) in [6, 6.07) is 13.2. The van der Waals surface area contributed by atoms with E-state index in [0.29, 0.717) is 15.8 Å². The van der Waals surface area contributed by atoms with E-state index in [1.165, 1.54) is 0 Å². The van der Waals surface area contributed by atoms with Crippen molar-refractivity contribution in [1.29, 1.82) is 0 Å². The van der Waals surface area contributed by atoms with Crippen molar-refractivity contribution in [3.05, 3.63) is 63.6 Å². The summed E-state index contributed by atoms with van der Waals surface area (Å²) in [6.07, 6.45) is 1.65. The molecule has 0 saturated heterocycles.